The predicted molar refractivity (Wildman–Crippen MR) is 70.8 cm³/mol. The van der Waals surface area contributed by atoms with Gasteiger partial charge >= 0.3 is 0 Å². The zero-order valence-electron chi connectivity index (χ0n) is 10.4. The van der Waals surface area contributed by atoms with Crippen LogP contribution < -0.4 is 5.32 Å². The lowest BCUT2D eigenvalue weighted by Gasteiger charge is -2.02. The van der Waals surface area contributed by atoms with E-state index in [1.807, 2.05) is 0 Å². The molecular formula is C13H11N5O2. The van der Waals surface area contributed by atoms with Gasteiger partial charge in [-0.25, -0.2) is 9.97 Å². The Bertz CT molecular complexity index is 681. The van der Waals surface area contributed by atoms with E-state index in [-0.39, 0.29) is 5.75 Å². The molecule has 0 amide bonds. The smallest absolute Gasteiger partial charge is 0.246 e. The van der Waals surface area contributed by atoms with Crippen molar-refractivity contribution in [2.24, 2.45) is 0 Å². The molecule has 3 rings (SSSR count). The highest BCUT2D eigenvalue weighted by atomic mass is 16.5. The van der Waals surface area contributed by atoms with Crippen molar-refractivity contribution < 1.29 is 9.63 Å². The number of phenols is 1. The van der Waals surface area contributed by atoms with E-state index >= 15 is 0 Å². The molecule has 0 saturated carbocycles. The highest BCUT2D eigenvalue weighted by molar-refractivity contribution is 5.47. The van der Waals surface area contributed by atoms with Crippen LogP contribution in [0.25, 0.3) is 11.5 Å². The van der Waals surface area contributed by atoms with E-state index in [2.05, 4.69) is 25.4 Å². The Morgan fingerprint density at radius 3 is 2.75 bits per heavy atom. The molecule has 100 valence electrons. The summed E-state index contributed by atoms with van der Waals surface area (Å²) < 4.78 is 5.13. The molecule has 0 aliphatic carbocycles. The number of rotatable bonds is 4. The Labute approximate surface area is 114 Å². The van der Waals surface area contributed by atoms with Gasteiger partial charge in [0.05, 0.1) is 6.54 Å². The van der Waals surface area contributed by atoms with E-state index < -0.39 is 0 Å². The number of nitrogens with zero attached hydrogens (tertiary/aromatic N) is 4. The molecule has 2 N–H and O–H groups in total. The normalized spacial score (nSPS) is 10.4. The standard InChI is InChI=1S/C13H11N5O2/c19-10-3-1-9(2-4-10)15-7-12-17-13(18-20-12)11-5-6-14-8-16-11/h1-6,8,15,19H,7H2. The fraction of sp³-hybridized carbons (Fsp3) is 0.0769. The van der Waals surface area contributed by atoms with Crippen LogP contribution in [0.2, 0.25) is 0 Å². The summed E-state index contributed by atoms with van der Waals surface area (Å²) in [5, 5.41) is 16.2. The molecule has 0 aliphatic rings. The SMILES string of the molecule is Oc1ccc(NCc2nc(-c3ccncn3)no2)cc1. The van der Waals surface area contributed by atoms with Crippen molar-refractivity contribution in [2.75, 3.05) is 5.32 Å². The van der Waals surface area contributed by atoms with Crippen molar-refractivity contribution in [3.63, 3.8) is 0 Å². The largest absolute Gasteiger partial charge is 0.508 e. The number of aromatic hydroxyl groups is 1. The minimum Gasteiger partial charge on any atom is -0.508 e. The molecule has 0 radical (unpaired) electrons. The summed E-state index contributed by atoms with van der Waals surface area (Å²) in [6, 6.07) is 8.43. The first-order valence-corrected chi connectivity index (χ1v) is 5.93. The van der Waals surface area contributed by atoms with Crippen LogP contribution in [0.5, 0.6) is 5.75 Å². The van der Waals surface area contributed by atoms with E-state index in [1.54, 1.807) is 36.5 Å². The monoisotopic (exact) mass is 269 g/mol. The number of anilines is 1. The van der Waals surface area contributed by atoms with Gasteiger partial charge in [-0.2, -0.15) is 4.98 Å². The van der Waals surface area contributed by atoms with Crippen molar-refractivity contribution in [2.45, 2.75) is 6.54 Å². The average Bonchev–Trinajstić information content (AvgIpc) is 2.97. The Hall–Kier alpha value is -2.96. The fourth-order valence-corrected chi connectivity index (χ4v) is 1.61. The van der Waals surface area contributed by atoms with Crippen molar-refractivity contribution in [3.8, 4) is 17.3 Å². The average molecular weight is 269 g/mol. The lowest BCUT2D eigenvalue weighted by Crippen LogP contribution is -1.99. The molecule has 0 atom stereocenters. The van der Waals surface area contributed by atoms with E-state index in [9.17, 15) is 5.11 Å². The van der Waals surface area contributed by atoms with Crippen molar-refractivity contribution >= 4 is 5.69 Å². The minimum absolute atomic E-state index is 0.222. The molecule has 2 heterocycles. The molecular weight excluding hydrogens is 258 g/mol. The van der Waals surface area contributed by atoms with Crippen molar-refractivity contribution in [1.82, 2.24) is 20.1 Å². The highest BCUT2D eigenvalue weighted by Crippen LogP contribution is 2.15. The Kier molecular flexibility index (Phi) is 3.24. The quantitative estimate of drug-likeness (QED) is 0.697. The molecule has 0 bridgehead atoms. The molecule has 7 heteroatoms. The number of nitrogens with one attached hydrogen (secondary N) is 1. The van der Waals surface area contributed by atoms with Crippen LogP contribution in [-0.2, 0) is 6.54 Å². The zero-order valence-corrected chi connectivity index (χ0v) is 10.4. The first kappa shape index (κ1) is 12.1. The van der Waals surface area contributed by atoms with Crippen LogP contribution in [0.15, 0.2) is 47.4 Å². The number of phenolic OH excluding ortho intramolecular Hbond substituents is 1. The molecule has 0 unspecified atom stereocenters. The Morgan fingerprint density at radius 1 is 1.15 bits per heavy atom. The van der Waals surface area contributed by atoms with Gasteiger partial charge in [-0.1, -0.05) is 5.16 Å². The third-order valence-corrected chi connectivity index (χ3v) is 2.59. The third kappa shape index (κ3) is 2.72. The first-order valence-electron chi connectivity index (χ1n) is 5.93. The molecule has 7 nitrogen and oxygen atoms in total. The van der Waals surface area contributed by atoms with Gasteiger partial charge in [0.25, 0.3) is 0 Å². The third-order valence-electron chi connectivity index (χ3n) is 2.59. The minimum atomic E-state index is 0.222. The molecule has 20 heavy (non-hydrogen) atoms. The maximum atomic E-state index is 9.19. The van der Waals surface area contributed by atoms with Gasteiger partial charge in [0, 0.05) is 11.9 Å². The summed E-state index contributed by atoms with van der Waals surface area (Å²) in [6.07, 6.45) is 3.05. The van der Waals surface area contributed by atoms with Gasteiger partial charge in [0.15, 0.2) is 0 Å². The van der Waals surface area contributed by atoms with Gasteiger partial charge in [-0.05, 0) is 30.3 Å². The molecule has 0 aliphatic heterocycles. The van der Waals surface area contributed by atoms with Gasteiger partial charge < -0.3 is 14.9 Å². The number of aromatic nitrogens is 4. The molecule has 0 saturated heterocycles. The number of benzene rings is 1. The summed E-state index contributed by atoms with van der Waals surface area (Å²) in [4.78, 5) is 12.1. The molecule has 2 aromatic heterocycles. The van der Waals surface area contributed by atoms with Crippen LogP contribution >= 0.6 is 0 Å². The van der Waals surface area contributed by atoms with Crippen LogP contribution in [0.4, 0.5) is 5.69 Å². The Morgan fingerprint density at radius 2 is 2.00 bits per heavy atom. The van der Waals surface area contributed by atoms with Gasteiger partial charge in [-0.3, -0.25) is 0 Å². The second-order valence-electron chi connectivity index (χ2n) is 4.01. The number of hydrogen-bond acceptors (Lipinski definition) is 7. The van der Waals surface area contributed by atoms with Crippen LogP contribution in [-0.4, -0.2) is 25.2 Å². The lowest BCUT2D eigenvalue weighted by atomic mass is 10.3. The van der Waals surface area contributed by atoms with Crippen molar-refractivity contribution in [3.05, 3.63) is 48.7 Å². The van der Waals surface area contributed by atoms with E-state index in [0.29, 0.717) is 24.0 Å². The first-order chi connectivity index (χ1) is 9.81. The second-order valence-corrected chi connectivity index (χ2v) is 4.01. The van der Waals surface area contributed by atoms with Crippen molar-refractivity contribution in [1.29, 1.82) is 0 Å². The van der Waals surface area contributed by atoms with Crippen LogP contribution in [0.3, 0.4) is 0 Å². The maximum Gasteiger partial charge on any atom is 0.246 e. The van der Waals surface area contributed by atoms with E-state index in [4.69, 9.17) is 4.52 Å². The summed E-state index contributed by atoms with van der Waals surface area (Å²) >= 11 is 0. The summed E-state index contributed by atoms with van der Waals surface area (Å²) in [5.41, 5.74) is 1.46. The fourth-order valence-electron chi connectivity index (χ4n) is 1.61. The summed E-state index contributed by atoms with van der Waals surface area (Å²) in [7, 11) is 0. The lowest BCUT2D eigenvalue weighted by molar-refractivity contribution is 0.384. The van der Waals surface area contributed by atoms with Crippen LogP contribution in [0.1, 0.15) is 5.89 Å². The molecule has 0 fully saturated rings. The predicted octanol–water partition coefficient (Wildman–Crippen LogP) is 1.84. The molecule has 3 aromatic rings. The molecule has 0 spiro atoms. The summed E-state index contributed by atoms with van der Waals surface area (Å²) in [6.45, 7) is 0.392. The van der Waals surface area contributed by atoms with Gasteiger partial charge in [0.1, 0.15) is 17.8 Å². The Balaban J connectivity index is 1.67. The maximum absolute atomic E-state index is 9.19. The second kappa shape index (κ2) is 5.35. The van der Waals surface area contributed by atoms with Gasteiger partial charge in [0.2, 0.25) is 11.7 Å². The topological polar surface area (TPSA) is 97.0 Å². The zero-order chi connectivity index (χ0) is 13.8. The molecule has 1 aromatic carbocycles. The van der Waals surface area contributed by atoms with E-state index in [0.717, 1.165) is 5.69 Å². The highest BCUT2D eigenvalue weighted by Gasteiger charge is 2.09. The van der Waals surface area contributed by atoms with E-state index in [1.165, 1.54) is 6.33 Å². The van der Waals surface area contributed by atoms with Gasteiger partial charge in [-0.15, -0.1) is 0 Å². The summed E-state index contributed by atoms with van der Waals surface area (Å²) in [5.74, 6) is 1.10. The number of hydrogen-bond donors (Lipinski definition) is 2. The van der Waals surface area contributed by atoms with Crippen LogP contribution in [0, 0.1) is 0 Å².